The minimum Gasteiger partial charge on any atom is -0.456 e. The Morgan fingerprint density at radius 2 is 1.16 bits per heavy atom. The number of hydrogen-bond donors (Lipinski definition) is 2. The van der Waals surface area contributed by atoms with Crippen LogP contribution in [0.1, 0.15) is 38.2 Å². The Labute approximate surface area is 319 Å². The number of para-hydroxylation sites is 2. The molecule has 51 heavy (non-hydrogen) atoms. The van der Waals surface area contributed by atoms with E-state index in [1.165, 1.54) is 23.5 Å². The minimum atomic E-state index is -1.67. The molecule has 7 nitrogen and oxygen atoms in total. The molecule has 4 aliphatic rings. The van der Waals surface area contributed by atoms with Crippen molar-refractivity contribution in [3.63, 3.8) is 0 Å². The van der Waals surface area contributed by atoms with Crippen LogP contribution in [-0.4, -0.2) is 5.97 Å². The van der Waals surface area contributed by atoms with Gasteiger partial charge in [0, 0.05) is 26.5 Å². The number of carbonyl (C=O) groups excluding carboxylic acids is 1. The molecule has 0 atom stereocenters. The number of ether oxygens (including phenoxy) is 2. The molecule has 9 rings (SSSR count). The SMILES string of the molecule is N#C/C(=C1\Nc2ccccc2S1)c1ccc2c(c1)Oc1cc(/C(C#N)=C3/Nc4ccccc4S3)ccc1C21OC(=O)c2c(Cl)c(Cl)c(Cl)c(Cl)c21. The van der Waals surface area contributed by atoms with Crippen molar-refractivity contribution in [1.82, 2.24) is 0 Å². The summed E-state index contributed by atoms with van der Waals surface area (Å²) in [6, 6.07) is 30.7. The highest BCUT2D eigenvalue weighted by molar-refractivity contribution is 8.04. The molecular weight excluding hydrogens is 766 g/mol. The molecule has 0 bridgehead atoms. The number of thioether (sulfide) groups is 2. The van der Waals surface area contributed by atoms with E-state index in [1.54, 1.807) is 36.4 Å². The number of nitriles is 2. The molecule has 5 aromatic carbocycles. The van der Waals surface area contributed by atoms with Crippen molar-refractivity contribution >= 4 is 98.4 Å². The van der Waals surface area contributed by atoms with Crippen LogP contribution in [0, 0.1) is 22.7 Å². The summed E-state index contributed by atoms with van der Waals surface area (Å²) in [5.41, 5.74) is 3.06. The number of anilines is 2. The standard InChI is InChI=1S/C38H16Cl4N4O3S2/c39-31-29-30(32(40)34(42)33(31)41)38(49-37(29)47)21-11-9-17(19(15-43)35-45-23-5-1-3-7-27(23)50-35)13-25(21)48-26-14-18(10-12-22(26)38)20(16-44)36-46-24-6-2-4-8-28(24)51-36/h1-14,45-46H/b35-19-,36-20-. The molecule has 0 saturated heterocycles. The third-order valence-corrected chi connectivity index (χ3v) is 12.9. The Morgan fingerprint density at radius 1 is 0.667 bits per heavy atom. The largest absolute Gasteiger partial charge is 0.456 e. The molecular formula is C38H16Cl4N4O3S2. The fourth-order valence-electron chi connectivity index (χ4n) is 6.70. The van der Waals surface area contributed by atoms with E-state index in [0.717, 1.165) is 21.2 Å². The van der Waals surface area contributed by atoms with Gasteiger partial charge in [-0.25, -0.2) is 4.79 Å². The summed E-state index contributed by atoms with van der Waals surface area (Å²) >= 11 is 29.5. The van der Waals surface area contributed by atoms with Gasteiger partial charge in [0.05, 0.1) is 58.2 Å². The topological polar surface area (TPSA) is 107 Å². The molecule has 246 valence electrons. The lowest BCUT2D eigenvalue weighted by Crippen LogP contribution is -2.33. The first kappa shape index (κ1) is 32.2. The van der Waals surface area contributed by atoms with Crippen LogP contribution in [-0.2, 0) is 10.3 Å². The molecule has 2 N–H and O–H groups in total. The zero-order chi connectivity index (χ0) is 35.2. The molecule has 0 fully saturated rings. The number of benzene rings is 5. The van der Waals surface area contributed by atoms with Gasteiger partial charge in [-0.05, 0) is 59.7 Å². The molecule has 0 aromatic heterocycles. The predicted octanol–water partition coefficient (Wildman–Crippen LogP) is 11.7. The van der Waals surface area contributed by atoms with E-state index < -0.39 is 11.6 Å². The quantitative estimate of drug-likeness (QED) is 0.0783. The second-order valence-electron chi connectivity index (χ2n) is 11.7. The minimum absolute atomic E-state index is 0.00725. The van der Waals surface area contributed by atoms with E-state index in [-0.39, 0.29) is 42.7 Å². The summed E-state index contributed by atoms with van der Waals surface area (Å²) in [5.74, 6) is -0.176. The number of nitrogens with zero attached hydrogens (tertiary/aromatic N) is 2. The first-order valence-electron chi connectivity index (χ1n) is 15.2. The van der Waals surface area contributed by atoms with Crippen molar-refractivity contribution in [2.24, 2.45) is 0 Å². The number of allylic oxidation sites excluding steroid dienone is 2. The van der Waals surface area contributed by atoms with E-state index in [1.807, 2.05) is 48.5 Å². The second kappa shape index (κ2) is 11.9. The summed E-state index contributed by atoms with van der Waals surface area (Å²) in [5, 5.41) is 28.6. The molecule has 0 amide bonds. The maximum absolute atomic E-state index is 13.8. The lowest BCUT2D eigenvalue weighted by Gasteiger charge is -2.37. The zero-order valence-corrected chi connectivity index (χ0v) is 30.2. The fourth-order valence-corrected chi connectivity index (χ4v) is 9.80. The van der Waals surface area contributed by atoms with Crippen LogP contribution >= 0.6 is 69.9 Å². The summed E-state index contributed by atoms with van der Waals surface area (Å²) in [4.78, 5) is 15.8. The van der Waals surface area contributed by atoms with E-state index >= 15 is 0 Å². The van der Waals surface area contributed by atoms with Crippen molar-refractivity contribution < 1.29 is 14.3 Å². The Kier molecular flexibility index (Phi) is 7.54. The molecule has 5 aromatic rings. The van der Waals surface area contributed by atoms with E-state index in [2.05, 4.69) is 22.8 Å². The first-order chi connectivity index (χ1) is 24.7. The highest BCUT2D eigenvalue weighted by Crippen LogP contribution is 2.61. The number of rotatable bonds is 2. The van der Waals surface area contributed by atoms with Gasteiger partial charge in [-0.2, -0.15) is 10.5 Å². The third kappa shape index (κ3) is 4.71. The molecule has 4 aliphatic heterocycles. The van der Waals surface area contributed by atoms with Gasteiger partial charge in [0.15, 0.2) is 5.60 Å². The summed E-state index contributed by atoms with van der Waals surface area (Å²) < 4.78 is 12.9. The van der Waals surface area contributed by atoms with Crippen molar-refractivity contribution in [2.75, 3.05) is 10.6 Å². The maximum Gasteiger partial charge on any atom is 0.341 e. The summed E-state index contributed by atoms with van der Waals surface area (Å²) in [6.45, 7) is 0. The molecule has 0 saturated carbocycles. The lowest BCUT2D eigenvalue weighted by atomic mass is 9.76. The Morgan fingerprint density at radius 3 is 1.65 bits per heavy atom. The smallest absolute Gasteiger partial charge is 0.341 e. The van der Waals surface area contributed by atoms with Gasteiger partial charge < -0.3 is 20.1 Å². The molecule has 4 heterocycles. The van der Waals surface area contributed by atoms with Crippen LogP contribution in [0.5, 0.6) is 11.5 Å². The van der Waals surface area contributed by atoms with Crippen LogP contribution in [0.4, 0.5) is 11.4 Å². The van der Waals surface area contributed by atoms with Gasteiger partial charge in [0.25, 0.3) is 0 Å². The normalized spacial score (nSPS) is 19.2. The maximum atomic E-state index is 13.8. The monoisotopic (exact) mass is 780 g/mol. The van der Waals surface area contributed by atoms with Crippen LogP contribution in [0.15, 0.2) is 105 Å². The van der Waals surface area contributed by atoms with E-state index in [0.29, 0.717) is 43.5 Å². The molecule has 13 heteroatoms. The highest BCUT2D eigenvalue weighted by atomic mass is 35.5. The van der Waals surface area contributed by atoms with Crippen molar-refractivity contribution in [1.29, 1.82) is 10.5 Å². The molecule has 1 spiro atoms. The van der Waals surface area contributed by atoms with Gasteiger partial charge in [0.1, 0.15) is 23.6 Å². The molecule has 0 aliphatic carbocycles. The summed E-state index contributed by atoms with van der Waals surface area (Å²) in [7, 11) is 0. The Balaban J connectivity index is 1.25. The van der Waals surface area contributed by atoms with Gasteiger partial charge in [-0.3, -0.25) is 0 Å². The van der Waals surface area contributed by atoms with Crippen LogP contribution < -0.4 is 15.4 Å². The number of carbonyl (C=O) groups is 1. The van der Waals surface area contributed by atoms with Crippen LogP contribution in [0.2, 0.25) is 20.1 Å². The number of fused-ring (bicyclic) bond motifs is 8. The van der Waals surface area contributed by atoms with Gasteiger partial charge in [-0.1, -0.05) is 106 Å². The van der Waals surface area contributed by atoms with Crippen molar-refractivity contribution in [3.8, 4) is 23.6 Å². The second-order valence-corrected chi connectivity index (χ2v) is 15.3. The average Bonchev–Trinajstić information content (AvgIpc) is 3.84. The van der Waals surface area contributed by atoms with E-state index in [9.17, 15) is 15.3 Å². The van der Waals surface area contributed by atoms with Crippen molar-refractivity contribution in [3.05, 3.63) is 148 Å². The molecule has 0 radical (unpaired) electrons. The van der Waals surface area contributed by atoms with Gasteiger partial charge >= 0.3 is 5.97 Å². The summed E-state index contributed by atoms with van der Waals surface area (Å²) in [6.07, 6.45) is 0. The van der Waals surface area contributed by atoms with E-state index in [4.69, 9.17) is 55.9 Å². The van der Waals surface area contributed by atoms with Gasteiger partial charge in [-0.15, -0.1) is 0 Å². The highest BCUT2D eigenvalue weighted by Gasteiger charge is 2.56. The first-order valence-corrected chi connectivity index (χ1v) is 18.3. The number of nitrogens with one attached hydrogen (secondary N) is 2. The number of esters is 1. The molecule has 0 unspecified atom stereocenters. The van der Waals surface area contributed by atoms with Gasteiger partial charge in [0.2, 0.25) is 0 Å². The van der Waals surface area contributed by atoms with Crippen LogP contribution in [0.25, 0.3) is 11.1 Å². The number of halogens is 4. The van der Waals surface area contributed by atoms with Crippen molar-refractivity contribution in [2.45, 2.75) is 15.4 Å². The average molecular weight is 783 g/mol. The number of hydrogen-bond acceptors (Lipinski definition) is 9. The third-order valence-electron chi connectivity index (χ3n) is 8.96. The zero-order valence-electron chi connectivity index (χ0n) is 25.5. The fraction of sp³-hybridized carbons (Fsp3) is 0.0263. The lowest BCUT2D eigenvalue weighted by molar-refractivity contribution is 0.0224. The van der Waals surface area contributed by atoms with Crippen LogP contribution in [0.3, 0.4) is 0 Å². The Hall–Kier alpha value is -4.71. The Bertz CT molecular complexity index is 2420. The predicted molar refractivity (Wildman–Crippen MR) is 202 cm³/mol.